The Labute approximate surface area is 218 Å². The number of benzene rings is 2. The molecule has 0 unspecified atom stereocenters. The molecule has 0 aliphatic carbocycles. The normalized spacial score (nSPS) is 21.8. The number of amides is 2. The maximum absolute atomic E-state index is 13.8. The van der Waals surface area contributed by atoms with Gasteiger partial charge in [-0.25, -0.2) is 9.18 Å². The zero-order valence-corrected chi connectivity index (χ0v) is 22.1. The minimum absolute atomic E-state index is 0.0806. The number of fused-ring (bicyclic) bond motifs is 1. The molecule has 1 fully saturated rings. The van der Waals surface area contributed by atoms with Gasteiger partial charge in [0.2, 0.25) is 0 Å². The van der Waals surface area contributed by atoms with Crippen LogP contribution in [0.4, 0.5) is 9.18 Å². The van der Waals surface area contributed by atoms with Gasteiger partial charge in [-0.15, -0.1) is 0 Å². The molecule has 2 heterocycles. The molecule has 0 N–H and O–H groups in total. The molecule has 0 bridgehead atoms. The van der Waals surface area contributed by atoms with Gasteiger partial charge in [0.25, 0.3) is 5.91 Å². The van der Waals surface area contributed by atoms with Crippen LogP contribution in [0.1, 0.15) is 56.3 Å². The molecule has 3 atom stereocenters. The maximum Gasteiger partial charge on any atom is 0.410 e. The van der Waals surface area contributed by atoms with Crippen molar-refractivity contribution in [1.29, 1.82) is 0 Å². The minimum atomic E-state index is -0.615. The van der Waals surface area contributed by atoms with Crippen LogP contribution in [-0.2, 0) is 25.4 Å². The van der Waals surface area contributed by atoms with Gasteiger partial charge in [0.1, 0.15) is 17.5 Å². The van der Waals surface area contributed by atoms with Gasteiger partial charge in [-0.1, -0.05) is 36.4 Å². The van der Waals surface area contributed by atoms with Gasteiger partial charge in [-0.3, -0.25) is 4.79 Å². The topological polar surface area (TPSA) is 68.3 Å². The first-order valence-corrected chi connectivity index (χ1v) is 12.9. The van der Waals surface area contributed by atoms with E-state index in [2.05, 4.69) is 6.07 Å². The second kappa shape index (κ2) is 11.6. The first kappa shape index (κ1) is 27.1. The largest absolute Gasteiger partial charge is 0.444 e. The number of ether oxygens (including phenoxy) is 3. The molecular weight excluding hydrogens is 475 g/mol. The number of carbonyl (C=O) groups is 2. The van der Waals surface area contributed by atoms with Gasteiger partial charge in [0.15, 0.2) is 0 Å². The standard InChI is InChI=1S/C29H37FN2O5/c1-29(2,3)37-28(34)31(17-18-35-4)23-13-14-25(36-19-23)27(33)32-16-15-20-7-5-6-8-24(20)26(32)21-9-11-22(30)12-10-21/h5-12,23,25-26H,13-19H2,1-4H3/t23-,25+,26+/m1/s1. The summed E-state index contributed by atoms with van der Waals surface area (Å²) in [4.78, 5) is 30.1. The molecule has 2 aliphatic heterocycles. The van der Waals surface area contributed by atoms with Gasteiger partial charge in [-0.2, -0.15) is 0 Å². The Balaban J connectivity index is 1.49. The number of halogens is 1. The summed E-state index contributed by atoms with van der Waals surface area (Å²) in [5.41, 5.74) is 2.50. The average molecular weight is 513 g/mol. The van der Waals surface area contributed by atoms with Crippen LogP contribution in [0.3, 0.4) is 0 Å². The molecule has 2 aliphatic rings. The summed E-state index contributed by atoms with van der Waals surface area (Å²) < 4.78 is 30.6. The van der Waals surface area contributed by atoms with Crippen molar-refractivity contribution in [2.75, 3.05) is 33.4 Å². The molecule has 0 aromatic heterocycles. The van der Waals surface area contributed by atoms with Crippen LogP contribution < -0.4 is 0 Å². The maximum atomic E-state index is 13.8. The van der Waals surface area contributed by atoms with Crippen LogP contribution in [0.15, 0.2) is 48.5 Å². The smallest absolute Gasteiger partial charge is 0.410 e. The molecule has 200 valence electrons. The van der Waals surface area contributed by atoms with E-state index in [0.29, 0.717) is 32.5 Å². The number of hydrogen-bond acceptors (Lipinski definition) is 5. The van der Waals surface area contributed by atoms with Gasteiger partial charge >= 0.3 is 6.09 Å². The number of rotatable bonds is 6. The summed E-state index contributed by atoms with van der Waals surface area (Å²) >= 11 is 0. The Morgan fingerprint density at radius 3 is 2.49 bits per heavy atom. The SMILES string of the molecule is COCCN(C(=O)OC(C)(C)C)[C@@H]1CC[C@@H](C(=O)N2CCc3ccccc3[C@@H]2c2ccc(F)cc2)OC1. The first-order chi connectivity index (χ1) is 17.7. The molecule has 2 amide bonds. The predicted octanol–water partition coefficient (Wildman–Crippen LogP) is 4.73. The predicted molar refractivity (Wildman–Crippen MR) is 138 cm³/mol. The van der Waals surface area contributed by atoms with Crippen molar-refractivity contribution in [1.82, 2.24) is 9.80 Å². The average Bonchev–Trinajstić information content (AvgIpc) is 2.88. The lowest BCUT2D eigenvalue weighted by Gasteiger charge is -2.42. The third-order valence-corrected chi connectivity index (χ3v) is 6.88. The van der Waals surface area contributed by atoms with E-state index < -0.39 is 17.8 Å². The molecular formula is C29H37FN2O5. The second-order valence-electron chi connectivity index (χ2n) is 10.7. The van der Waals surface area contributed by atoms with Gasteiger partial charge in [0.05, 0.1) is 25.3 Å². The highest BCUT2D eigenvalue weighted by Gasteiger charge is 2.39. The number of methoxy groups -OCH3 is 1. The van der Waals surface area contributed by atoms with E-state index in [1.54, 1.807) is 24.1 Å². The van der Waals surface area contributed by atoms with E-state index in [9.17, 15) is 14.0 Å². The summed E-state index contributed by atoms with van der Waals surface area (Å²) in [5.74, 6) is -0.390. The third kappa shape index (κ3) is 6.48. The van der Waals surface area contributed by atoms with Gasteiger partial charge < -0.3 is 24.0 Å². The van der Waals surface area contributed by atoms with E-state index in [-0.39, 0.29) is 30.4 Å². The number of hydrogen-bond donors (Lipinski definition) is 0. The fourth-order valence-corrected chi connectivity index (χ4v) is 5.10. The van der Waals surface area contributed by atoms with Crippen molar-refractivity contribution in [3.05, 3.63) is 71.0 Å². The minimum Gasteiger partial charge on any atom is -0.444 e. The molecule has 7 nitrogen and oxygen atoms in total. The van der Waals surface area contributed by atoms with Gasteiger partial charge in [0, 0.05) is 20.2 Å². The fraction of sp³-hybridized carbons (Fsp3) is 0.517. The van der Waals surface area contributed by atoms with Crippen molar-refractivity contribution >= 4 is 12.0 Å². The monoisotopic (exact) mass is 512 g/mol. The summed E-state index contributed by atoms with van der Waals surface area (Å²) in [5, 5.41) is 0. The van der Waals surface area contributed by atoms with E-state index in [0.717, 1.165) is 17.5 Å². The van der Waals surface area contributed by atoms with Crippen LogP contribution in [0.2, 0.25) is 0 Å². The van der Waals surface area contributed by atoms with Crippen LogP contribution in [-0.4, -0.2) is 73.0 Å². The Hall–Kier alpha value is -2.97. The van der Waals surface area contributed by atoms with E-state index in [4.69, 9.17) is 14.2 Å². The molecule has 1 saturated heterocycles. The molecule has 8 heteroatoms. The molecule has 4 rings (SSSR count). The summed E-state index contributed by atoms with van der Waals surface area (Å²) in [6.45, 7) is 7.06. The highest BCUT2D eigenvalue weighted by molar-refractivity contribution is 5.82. The Morgan fingerprint density at radius 1 is 1.11 bits per heavy atom. The third-order valence-electron chi connectivity index (χ3n) is 6.88. The summed E-state index contributed by atoms with van der Waals surface area (Å²) in [6, 6.07) is 13.9. The lowest BCUT2D eigenvalue weighted by molar-refractivity contribution is -0.151. The molecule has 37 heavy (non-hydrogen) atoms. The quantitative estimate of drug-likeness (QED) is 0.560. The van der Waals surface area contributed by atoms with E-state index in [1.807, 2.05) is 43.9 Å². The Morgan fingerprint density at radius 2 is 1.84 bits per heavy atom. The second-order valence-corrected chi connectivity index (χ2v) is 10.7. The summed E-state index contributed by atoms with van der Waals surface area (Å²) in [6.07, 6.45) is 0.840. The Bertz CT molecular complexity index is 1080. The first-order valence-electron chi connectivity index (χ1n) is 12.9. The summed E-state index contributed by atoms with van der Waals surface area (Å²) in [7, 11) is 1.59. The van der Waals surface area contributed by atoms with Crippen LogP contribution in [0, 0.1) is 5.82 Å². The highest BCUT2D eigenvalue weighted by atomic mass is 19.1. The molecule has 0 saturated carbocycles. The Kier molecular flexibility index (Phi) is 8.49. The van der Waals surface area contributed by atoms with Crippen molar-refractivity contribution in [3.63, 3.8) is 0 Å². The van der Waals surface area contributed by atoms with Crippen LogP contribution in [0.5, 0.6) is 0 Å². The lowest BCUT2D eigenvalue weighted by atomic mass is 9.87. The highest BCUT2D eigenvalue weighted by Crippen LogP contribution is 2.36. The van der Waals surface area contributed by atoms with Crippen molar-refractivity contribution < 1.29 is 28.2 Å². The van der Waals surface area contributed by atoms with Crippen molar-refractivity contribution in [2.24, 2.45) is 0 Å². The van der Waals surface area contributed by atoms with E-state index >= 15 is 0 Å². The van der Waals surface area contributed by atoms with Gasteiger partial charge in [-0.05, 0) is 68.9 Å². The van der Waals surface area contributed by atoms with Crippen LogP contribution in [0.25, 0.3) is 0 Å². The zero-order valence-electron chi connectivity index (χ0n) is 22.1. The molecule has 0 radical (unpaired) electrons. The van der Waals surface area contributed by atoms with Crippen molar-refractivity contribution in [2.45, 2.75) is 63.8 Å². The number of carbonyl (C=O) groups excluding carboxylic acids is 2. The molecule has 0 spiro atoms. The fourth-order valence-electron chi connectivity index (χ4n) is 5.10. The van der Waals surface area contributed by atoms with Crippen molar-refractivity contribution in [3.8, 4) is 0 Å². The number of nitrogens with zero attached hydrogens (tertiary/aromatic N) is 2. The lowest BCUT2D eigenvalue weighted by Crippen LogP contribution is -2.52. The zero-order chi connectivity index (χ0) is 26.6. The molecule has 2 aromatic carbocycles. The molecule has 2 aromatic rings. The van der Waals surface area contributed by atoms with E-state index in [1.165, 1.54) is 17.7 Å². The van der Waals surface area contributed by atoms with Crippen LogP contribution >= 0.6 is 0 Å².